The Balaban J connectivity index is 4.33. The molecule has 0 saturated heterocycles. The molecule has 0 amide bonds. The molecular formula is C13H20. The molecule has 0 aromatic rings. The first-order valence-corrected chi connectivity index (χ1v) is 5.14. The molecule has 72 valence electrons. The zero-order valence-electron chi connectivity index (χ0n) is 9.33. The van der Waals surface area contributed by atoms with Gasteiger partial charge in [0.05, 0.1) is 6.42 Å². The van der Waals surface area contributed by atoms with Gasteiger partial charge in [-0.2, -0.15) is 0 Å². The van der Waals surface area contributed by atoms with Gasteiger partial charge in [0.1, 0.15) is 0 Å². The van der Waals surface area contributed by atoms with E-state index in [0.717, 1.165) is 25.7 Å². The minimum absolute atomic E-state index is 0.245. The van der Waals surface area contributed by atoms with E-state index in [1.807, 2.05) is 6.92 Å². The number of hydrogen-bond donors (Lipinski definition) is 0. The average Bonchev–Trinajstić information content (AvgIpc) is 2.20. The molecule has 0 fully saturated rings. The molecule has 0 aliphatic heterocycles. The largest absolute Gasteiger partial charge is 0.106 e. The van der Waals surface area contributed by atoms with Crippen LogP contribution in [0.25, 0.3) is 0 Å². The quantitative estimate of drug-likeness (QED) is 0.576. The Morgan fingerprint density at radius 2 is 1.46 bits per heavy atom. The highest BCUT2D eigenvalue weighted by Crippen LogP contribution is 2.28. The van der Waals surface area contributed by atoms with E-state index in [2.05, 4.69) is 44.5 Å². The molecule has 0 saturated carbocycles. The SMILES string of the molecule is CC#CCC#CC(CC)(CC)CC. The summed E-state index contributed by atoms with van der Waals surface area (Å²) in [5.74, 6) is 12.3. The van der Waals surface area contributed by atoms with E-state index in [0.29, 0.717) is 0 Å². The minimum Gasteiger partial charge on any atom is -0.106 e. The molecule has 0 rings (SSSR count). The highest BCUT2D eigenvalue weighted by atomic mass is 14.2. The molecule has 0 unspecified atom stereocenters. The summed E-state index contributed by atoms with van der Waals surface area (Å²) in [6.07, 6.45) is 4.16. The van der Waals surface area contributed by atoms with Crippen molar-refractivity contribution in [2.24, 2.45) is 5.41 Å². The molecule has 0 heterocycles. The fraction of sp³-hybridized carbons (Fsp3) is 0.692. The molecule has 0 N–H and O–H groups in total. The molecule has 0 spiro atoms. The van der Waals surface area contributed by atoms with E-state index in [-0.39, 0.29) is 5.41 Å². The molecule has 0 radical (unpaired) electrons. The zero-order valence-corrected chi connectivity index (χ0v) is 9.33. The van der Waals surface area contributed by atoms with Gasteiger partial charge in [-0.15, -0.1) is 5.92 Å². The summed E-state index contributed by atoms with van der Waals surface area (Å²) in [5, 5.41) is 0. The summed E-state index contributed by atoms with van der Waals surface area (Å²) in [6, 6.07) is 0. The Hall–Kier alpha value is -0.880. The molecule has 0 aliphatic carbocycles. The topological polar surface area (TPSA) is 0 Å². The third-order valence-electron chi connectivity index (χ3n) is 2.74. The van der Waals surface area contributed by atoms with Crippen LogP contribution in [0.5, 0.6) is 0 Å². The second-order valence-corrected chi connectivity index (χ2v) is 3.25. The van der Waals surface area contributed by atoms with Crippen molar-refractivity contribution in [3.05, 3.63) is 0 Å². The Kier molecular flexibility index (Phi) is 6.17. The maximum Gasteiger partial charge on any atom is 0.0702 e. The molecular weight excluding hydrogens is 156 g/mol. The Morgan fingerprint density at radius 3 is 1.85 bits per heavy atom. The summed E-state index contributed by atoms with van der Waals surface area (Å²) in [4.78, 5) is 0. The van der Waals surface area contributed by atoms with Gasteiger partial charge in [0, 0.05) is 5.41 Å². The Labute approximate surface area is 83.1 Å². The minimum atomic E-state index is 0.245. The molecule has 0 nitrogen and oxygen atoms in total. The monoisotopic (exact) mass is 176 g/mol. The molecule has 0 atom stereocenters. The normalized spacial score (nSPS) is 9.54. The van der Waals surface area contributed by atoms with E-state index in [1.165, 1.54) is 0 Å². The smallest absolute Gasteiger partial charge is 0.0702 e. The molecule has 0 aliphatic rings. The van der Waals surface area contributed by atoms with Crippen LogP contribution >= 0.6 is 0 Å². The fourth-order valence-electron chi connectivity index (χ4n) is 1.38. The lowest BCUT2D eigenvalue weighted by molar-refractivity contribution is 0.357. The van der Waals surface area contributed by atoms with Gasteiger partial charge in [0.2, 0.25) is 0 Å². The molecule has 0 aromatic heterocycles. The first-order chi connectivity index (χ1) is 6.24. The zero-order chi connectivity index (χ0) is 10.2. The van der Waals surface area contributed by atoms with Gasteiger partial charge in [0.15, 0.2) is 0 Å². The van der Waals surface area contributed by atoms with Crippen molar-refractivity contribution in [3.63, 3.8) is 0 Å². The van der Waals surface area contributed by atoms with Crippen LogP contribution in [0.2, 0.25) is 0 Å². The maximum absolute atomic E-state index is 3.36. The molecule has 13 heavy (non-hydrogen) atoms. The van der Waals surface area contributed by atoms with E-state index in [9.17, 15) is 0 Å². The van der Waals surface area contributed by atoms with Crippen LogP contribution in [0.4, 0.5) is 0 Å². The summed E-state index contributed by atoms with van der Waals surface area (Å²) < 4.78 is 0. The predicted octanol–water partition coefficient (Wildman–Crippen LogP) is 3.62. The third-order valence-corrected chi connectivity index (χ3v) is 2.74. The summed E-state index contributed by atoms with van der Waals surface area (Å²) >= 11 is 0. The number of rotatable bonds is 3. The Bertz CT molecular complexity index is 226. The van der Waals surface area contributed by atoms with Crippen LogP contribution in [0.1, 0.15) is 53.4 Å². The second-order valence-electron chi connectivity index (χ2n) is 3.25. The van der Waals surface area contributed by atoms with Crippen molar-refractivity contribution in [2.45, 2.75) is 53.4 Å². The van der Waals surface area contributed by atoms with Crippen LogP contribution in [0, 0.1) is 29.1 Å². The van der Waals surface area contributed by atoms with E-state index >= 15 is 0 Å². The van der Waals surface area contributed by atoms with Crippen molar-refractivity contribution < 1.29 is 0 Å². The summed E-state index contributed by atoms with van der Waals surface area (Å²) in [6.45, 7) is 8.50. The second kappa shape index (κ2) is 6.62. The summed E-state index contributed by atoms with van der Waals surface area (Å²) in [5.41, 5.74) is 0.245. The average molecular weight is 176 g/mol. The lowest BCUT2D eigenvalue weighted by Crippen LogP contribution is -2.14. The molecule has 0 heteroatoms. The lowest BCUT2D eigenvalue weighted by atomic mass is 9.80. The van der Waals surface area contributed by atoms with Crippen LogP contribution in [0.15, 0.2) is 0 Å². The summed E-state index contributed by atoms with van der Waals surface area (Å²) in [7, 11) is 0. The van der Waals surface area contributed by atoms with Gasteiger partial charge in [-0.3, -0.25) is 0 Å². The maximum atomic E-state index is 3.36. The van der Waals surface area contributed by atoms with Crippen LogP contribution in [0.3, 0.4) is 0 Å². The van der Waals surface area contributed by atoms with Crippen LogP contribution in [-0.2, 0) is 0 Å². The fourth-order valence-corrected chi connectivity index (χ4v) is 1.38. The van der Waals surface area contributed by atoms with Gasteiger partial charge in [-0.25, -0.2) is 0 Å². The Morgan fingerprint density at radius 1 is 0.923 bits per heavy atom. The van der Waals surface area contributed by atoms with Crippen molar-refractivity contribution in [1.82, 2.24) is 0 Å². The third kappa shape index (κ3) is 4.05. The van der Waals surface area contributed by atoms with Gasteiger partial charge >= 0.3 is 0 Å². The standard InChI is InChI=1S/C13H20/c1-5-9-10-11-12-13(6-2,7-3)8-4/h6-8,10H2,1-4H3. The van der Waals surface area contributed by atoms with Crippen molar-refractivity contribution in [3.8, 4) is 23.7 Å². The number of hydrogen-bond acceptors (Lipinski definition) is 0. The van der Waals surface area contributed by atoms with E-state index in [4.69, 9.17) is 0 Å². The first-order valence-electron chi connectivity index (χ1n) is 5.14. The van der Waals surface area contributed by atoms with Gasteiger partial charge in [-0.1, -0.05) is 38.5 Å². The highest BCUT2D eigenvalue weighted by molar-refractivity contribution is 5.16. The van der Waals surface area contributed by atoms with E-state index in [1.54, 1.807) is 0 Å². The van der Waals surface area contributed by atoms with Crippen molar-refractivity contribution in [1.29, 1.82) is 0 Å². The first kappa shape index (κ1) is 12.1. The highest BCUT2D eigenvalue weighted by Gasteiger charge is 2.19. The lowest BCUT2D eigenvalue weighted by Gasteiger charge is -2.23. The molecule has 0 aromatic carbocycles. The van der Waals surface area contributed by atoms with Crippen molar-refractivity contribution >= 4 is 0 Å². The van der Waals surface area contributed by atoms with Crippen LogP contribution in [-0.4, -0.2) is 0 Å². The van der Waals surface area contributed by atoms with E-state index < -0.39 is 0 Å². The van der Waals surface area contributed by atoms with Gasteiger partial charge < -0.3 is 0 Å². The molecule has 0 bridgehead atoms. The predicted molar refractivity (Wildman–Crippen MR) is 59.1 cm³/mol. The van der Waals surface area contributed by atoms with Gasteiger partial charge in [-0.05, 0) is 26.2 Å². The van der Waals surface area contributed by atoms with Gasteiger partial charge in [0.25, 0.3) is 0 Å². The van der Waals surface area contributed by atoms with Crippen molar-refractivity contribution in [2.75, 3.05) is 0 Å². The van der Waals surface area contributed by atoms with Crippen LogP contribution < -0.4 is 0 Å².